The van der Waals surface area contributed by atoms with Gasteiger partial charge in [-0.1, -0.05) is 17.7 Å². The number of likely N-dealkylation sites (tertiary alicyclic amines) is 1. The molecule has 1 fully saturated rings. The van der Waals surface area contributed by atoms with Crippen molar-refractivity contribution in [3.05, 3.63) is 45.5 Å². The highest BCUT2D eigenvalue weighted by molar-refractivity contribution is 6.29. The monoisotopic (exact) mass is 419 g/mol. The molecular weight excluding hydrogens is 394 g/mol. The van der Waals surface area contributed by atoms with Crippen molar-refractivity contribution in [3.8, 4) is 0 Å². The third-order valence-electron chi connectivity index (χ3n) is 4.70. The Kier molecular flexibility index (Phi) is 6.12. The molecule has 0 atom stereocenters. The average Bonchev–Trinajstić information content (AvgIpc) is 2.65. The largest absolute Gasteiger partial charge is 0.444 e. The molecule has 1 N–H and O–H groups in total. The van der Waals surface area contributed by atoms with Crippen LogP contribution in [0.2, 0.25) is 5.15 Å². The predicted octanol–water partition coefficient (Wildman–Crippen LogP) is 3.69. The Morgan fingerprint density at radius 3 is 2.55 bits per heavy atom. The topological polar surface area (TPSA) is 89.3 Å². The summed E-state index contributed by atoms with van der Waals surface area (Å²) in [5.74, 6) is 0.887. The minimum Gasteiger partial charge on any atom is -0.444 e. The highest BCUT2D eigenvalue weighted by atomic mass is 35.5. The van der Waals surface area contributed by atoms with Crippen LogP contribution >= 0.6 is 11.6 Å². The zero-order valence-electron chi connectivity index (χ0n) is 17.1. The summed E-state index contributed by atoms with van der Waals surface area (Å²) in [5, 5.41) is 7.08. The standard InChI is InChI=1S/C20H26ClN5O3/c1-20(2,3)29-19(28)26-9-7-13(8-10-26)14-5-6-17(22-12-14)23-15-11-16(21)24-25(4)18(15)27/h5-6,11-13H,7-10H2,1-4H3,(H,22,23). The summed E-state index contributed by atoms with van der Waals surface area (Å²) in [7, 11) is 1.54. The highest BCUT2D eigenvalue weighted by Gasteiger charge is 2.27. The molecule has 1 amide bonds. The first-order valence-electron chi connectivity index (χ1n) is 9.57. The molecule has 3 rings (SSSR count). The summed E-state index contributed by atoms with van der Waals surface area (Å²) in [6.45, 7) is 6.92. The van der Waals surface area contributed by atoms with E-state index >= 15 is 0 Å². The number of carbonyl (C=O) groups is 1. The van der Waals surface area contributed by atoms with Gasteiger partial charge in [0.2, 0.25) is 0 Å². The van der Waals surface area contributed by atoms with Gasteiger partial charge in [-0.3, -0.25) is 4.79 Å². The second-order valence-electron chi connectivity index (χ2n) is 8.15. The van der Waals surface area contributed by atoms with Gasteiger partial charge in [0.05, 0.1) is 0 Å². The molecule has 0 aromatic carbocycles. The van der Waals surface area contributed by atoms with Crippen LogP contribution in [-0.4, -0.2) is 44.4 Å². The molecule has 9 heteroatoms. The predicted molar refractivity (Wildman–Crippen MR) is 112 cm³/mol. The van der Waals surface area contributed by atoms with E-state index < -0.39 is 5.60 Å². The molecule has 0 spiro atoms. The van der Waals surface area contributed by atoms with Crippen molar-refractivity contribution in [2.24, 2.45) is 7.05 Å². The molecule has 29 heavy (non-hydrogen) atoms. The maximum atomic E-state index is 12.2. The minimum absolute atomic E-state index is 0.225. The van der Waals surface area contributed by atoms with Crippen LogP contribution in [0.1, 0.15) is 45.1 Å². The van der Waals surface area contributed by atoms with Crippen molar-refractivity contribution >= 4 is 29.2 Å². The van der Waals surface area contributed by atoms with E-state index in [-0.39, 0.29) is 16.8 Å². The number of amides is 1. The van der Waals surface area contributed by atoms with Crippen LogP contribution in [-0.2, 0) is 11.8 Å². The molecule has 1 saturated heterocycles. The third kappa shape index (κ3) is 5.47. The lowest BCUT2D eigenvalue weighted by atomic mass is 9.90. The van der Waals surface area contributed by atoms with E-state index in [1.165, 1.54) is 10.7 Å². The molecule has 0 aliphatic carbocycles. The third-order valence-corrected chi connectivity index (χ3v) is 4.89. The van der Waals surface area contributed by atoms with E-state index in [1.54, 1.807) is 11.9 Å². The molecule has 0 saturated carbocycles. The van der Waals surface area contributed by atoms with Crippen LogP contribution in [0.3, 0.4) is 0 Å². The molecular formula is C20H26ClN5O3. The number of rotatable bonds is 3. The van der Waals surface area contributed by atoms with Crippen molar-refractivity contribution in [2.45, 2.75) is 45.1 Å². The Bertz CT molecular complexity index is 929. The maximum absolute atomic E-state index is 12.2. The van der Waals surface area contributed by atoms with E-state index in [2.05, 4.69) is 15.4 Å². The summed E-state index contributed by atoms with van der Waals surface area (Å²) in [4.78, 5) is 30.5. The number of piperidine rings is 1. The highest BCUT2D eigenvalue weighted by Crippen LogP contribution is 2.29. The van der Waals surface area contributed by atoms with E-state index in [0.29, 0.717) is 30.5 Å². The number of carbonyl (C=O) groups excluding carboxylic acids is 1. The number of hydrogen-bond donors (Lipinski definition) is 1. The van der Waals surface area contributed by atoms with E-state index in [4.69, 9.17) is 16.3 Å². The molecule has 1 aliphatic rings. The lowest BCUT2D eigenvalue weighted by Gasteiger charge is -2.33. The summed E-state index contributed by atoms with van der Waals surface area (Å²) in [5.41, 5.74) is 0.661. The maximum Gasteiger partial charge on any atom is 0.410 e. The fourth-order valence-electron chi connectivity index (χ4n) is 3.24. The van der Waals surface area contributed by atoms with Crippen molar-refractivity contribution < 1.29 is 9.53 Å². The van der Waals surface area contributed by atoms with Crippen LogP contribution in [0.25, 0.3) is 0 Å². The first kappa shape index (κ1) is 21.1. The van der Waals surface area contributed by atoms with Crippen LogP contribution in [0.4, 0.5) is 16.3 Å². The Morgan fingerprint density at radius 2 is 1.97 bits per heavy atom. The smallest absolute Gasteiger partial charge is 0.410 e. The summed E-state index contributed by atoms with van der Waals surface area (Å²) >= 11 is 5.92. The first-order chi connectivity index (χ1) is 13.6. The molecule has 1 aliphatic heterocycles. The number of pyridine rings is 1. The fourth-order valence-corrected chi connectivity index (χ4v) is 3.47. The lowest BCUT2D eigenvalue weighted by Crippen LogP contribution is -2.41. The zero-order valence-corrected chi connectivity index (χ0v) is 17.9. The zero-order chi connectivity index (χ0) is 21.2. The number of anilines is 2. The fraction of sp³-hybridized carbons (Fsp3) is 0.500. The second kappa shape index (κ2) is 8.41. The molecule has 156 valence electrons. The number of ether oxygens (including phenoxy) is 1. The number of aryl methyl sites for hydroxylation is 1. The van der Waals surface area contributed by atoms with E-state index in [0.717, 1.165) is 18.4 Å². The Labute approximate surface area is 174 Å². The van der Waals surface area contributed by atoms with Crippen LogP contribution < -0.4 is 10.9 Å². The van der Waals surface area contributed by atoms with Crippen molar-refractivity contribution in [1.29, 1.82) is 0 Å². The average molecular weight is 420 g/mol. The molecule has 3 heterocycles. The SMILES string of the molecule is Cn1nc(Cl)cc(Nc2ccc(C3CCN(C(=O)OC(C)(C)C)CC3)cn2)c1=O. The number of hydrogen-bond acceptors (Lipinski definition) is 6. The molecule has 0 bridgehead atoms. The molecule has 2 aromatic heterocycles. The molecule has 2 aromatic rings. The van der Waals surface area contributed by atoms with Gasteiger partial charge in [0.15, 0.2) is 5.15 Å². The molecule has 0 unspecified atom stereocenters. The second-order valence-corrected chi connectivity index (χ2v) is 8.54. The molecule has 0 radical (unpaired) electrons. The van der Waals surface area contributed by atoms with E-state index in [1.807, 2.05) is 39.1 Å². The first-order valence-corrected chi connectivity index (χ1v) is 9.95. The van der Waals surface area contributed by atoms with Gasteiger partial charge < -0.3 is 15.0 Å². The summed E-state index contributed by atoms with van der Waals surface area (Å²) < 4.78 is 6.62. The van der Waals surface area contributed by atoms with Crippen molar-refractivity contribution in [3.63, 3.8) is 0 Å². The van der Waals surface area contributed by atoms with Gasteiger partial charge in [0, 0.05) is 32.4 Å². The number of aromatic nitrogens is 3. The van der Waals surface area contributed by atoms with Crippen molar-refractivity contribution in [2.75, 3.05) is 18.4 Å². The Hall–Kier alpha value is -2.61. The van der Waals surface area contributed by atoms with Crippen molar-refractivity contribution in [1.82, 2.24) is 19.7 Å². The van der Waals surface area contributed by atoms with Crippen LogP contribution in [0.5, 0.6) is 0 Å². The molecule has 8 nitrogen and oxygen atoms in total. The number of nitrogens with one attached hydrogen (secondary N) is 1. The van der Waals surface area contributed by atoms with E-state index in [9.17, 15) is 9.59 Å². The Balaban J connectivity index is 1.60. The normalized spacial score (nSPS) is 15.3. The lowest BCUT2D eigenvalue weighted by molar-refractivity contribution is 0.0205. The van der Waals surface area contributed by atoms with Crippen LogP contribution in [0, 0.1) is 0 Å². The van der Waals surface area contributed by atoms with Gasteiger partial charge in [0.1, 0.15) is 17.1 Å². The van der Waals surface area contributed by atoms with Gasteiger partial charge >= 0.3 is 6.09 Å². The quantitative estimate of drug-likeness (QED) is 0.816. The minimum atomic E-state index is -0.485. The Morgan fingerprint density at radius 1 is 1.28 bits per heavy atom. The van der Waals surface area contributed by atoms with Gasteiger partial charge in [-0.15, -0.1) is 0 Å². The van der Waals surface area contributed by atoms with Crippen LogP contribution in [0.15, 0.2) is 29.2 Å². The number of nitrogens with zero attached hydrogens (tertiary/aromatic N) is 4. The van der Waals surface area contributed by atoms with Gasteiger partial charge in [-0.25, -0.2) is 14.5 Å². The summed E-state index contributed by atoms with van der Waals surface area (Å²) in [6, 6.07) is 5.31. The summed E-state index contributed by atoms with van der Waals surface area (Å²) in [6.07, 6.45) is 3.26. The van der Waals surface area contributed by atoms with Gasteiger partial charge in [0.25, 0.3) is 5.56 Å². The van der Waals surface area contributed by atoms with Gasteiger partial charge in [-0.2, -0.15) is 5.10 Å². The van der Waals surface area contributed by atoms with Gasteiger partial charge in [-0.05, 0) is 51.2 Å². The number of halogens is 1.